The molecule has 2 heterocycles. The Kier molecular flexibility index (Phi) is 3.70. The average Bonchev–Trinajstić information content (AvgIpc) is 3.11. The molecule has 0 atom stereocenters. The van der Waals surface area contributed by atoms with Gasteiger partial charge in [0.1, 0.15) is 24.2 Å². The Morgan fingerprint density at radius 2 is 1.86 bits per heavy atom. The average molecular weight is 345 g/mol. The second-order valence-electron chi connectivity index (χ2n) is 4.70. The highest BCUT2D eigenvalue weighted by Gasteiger charge is 2.09. The zero-order valence-corrected chi connectivity index (χ0v) is 13.2. The van der Waals surface area contributed by atoms with Crippen LogP contribution in [0.1, 0.15) is 16.9 Å². The van der Waals surface area contributed by atoms with Gasteiger partial charge in [0.05, 0.1) is 6.21 Å². The highest BCUT2D eigenvalue weighted by atomic mass is 79.9. The number of halogens is 1. The minimum atomic E-state index is 0.670. The first kappa shape index (κ1) is 13.8. The summed E-state index contributed by atoms with van der Waals surface area (Å²) in [6.45, 7) is 4.17. The van der Waals surface area contributed by atoms with Crippen LogP contribution < -0.4 is 0 Å². The Hall–Kier alpha value is -2.21. The van der Waals surface area contributed by atoms with Crippen molar-refractivity contribution >= 4 is 22.1 Å². The van der Waals surface area contributed by atoms with Gasteiger partial charge in [0.25, 0.3) is 0 Å². The van der Waals surface area contributed by atoms with Crippen LogP contribution >= 0.6 is 15.9 Å². The first-order valence-electron chi connectivity index (χ1n) is 6.39. The number of furan rings is 1. The fourth-order valence-corrected chi connectivity index (χ4v) is 2.57. The molecule has 0 fully saturated rings. The van der Waals surface area contributed by atoms with Crippen LogP contribution in [0.4, 0.5) is 0 Å². The molecule has 0 aliphatic heterocycles. The third-order valence-corrected chi connectivity index (χ3v) is 3.86. The van der Waals surface area contributed by atoms with E-state index in [9.17, 15) is 0 Å². The summed E-state index contributed by atoms with van der Waals surface area (Å²) in [7, 11) is 0. The molecular weight excluding hydrogens is 332 g/mol. The third-order valence-electron chi connectivity index (χ3n) is 3.20. The summed E-state index contributed by atoms with van der Waals surface area (Å²) < 4.78 is 8.33. The fourth-order valence-electron chi connectivity index (χ4n) is 1.92. The van der Waals surface area contributed by atoms with Gasteiger partial charge in [-0.2, -0.15) is 5.10 Å². The summed E-state index contributed by atoms with van der Waals surface area (Å²) in [6.07, 6.45) is 4.66. The van der Waals surface area contributed by atoms with E-state index < -0.39 is 0 Å². The minimum Gasteiger partial charge on any atom is -0.455 e. The highest BCUT2D eigenvalue weighted by molar-refractivity contribution is 9.10. The quantitative estimate of drug-likeness (QED) is 0.679. The lowest BCUT2D eigenvalue weighted by Gasteiger charge is -2.06. The first-order chi connectivity index (χ1) is 10.1. The fraction of sp³-hybridized carbons (Fsp3) is 0.133. The Morgan fingerprint density at radius 1 is 1.14 bits per heavy atom. The standard InChI is InChI=1S/C15H13BrN4O/c1-10-5-13(14(16)6-11(10)2)15-4-3-12(21-15)7-19-20-8-17-18-9-20/h3-9H,1-2H3. The predicted octanol–water partition coefficient (Wildman–Crippen LogP) is 3.80. The summed E-state index contributed by atoms with van der Waals surface area (Å²) in [5.74, 6) is 1.47. The van der Waals surface area contributed by atoms with Crippen LogP contribution in [0.15, 0.2) is 50.9 Å². The van der Waals surface area contributed by atoms with Gasteiger partial charge in [-0.3, -0.25) is 0 Å². The molecule has 3 aromatic rings. The van der Waals surface area contributed by atoms with Crippen molar-refractivity contribution < 1.29 is 4.42 Å². The van der Waals surface area contributed by atoms with Crippen LogP contribution in [-0.2, 0) is 0 Å². The lowest BCUT2D eigenvalue weighted by atomic mass is 10.1. The van der Waals surface area contributed by atoms with Gasteiger partial charge in [-0.25, -0.2) is 4.68 Å². The van der Waals surface area contributed by atoms with Gasteiger partial charge >= 0.3 is 0 Å². The van der Waals surface area contributed by atoms with Gasteiger partial charge in [0, 0.05) is 10.0 Å². The van der Waals surface area contributed by atoms with Crippen molar-refractivity contribution in [2.45, 2.75) is 13.8 Å². The molecule has 5 nitrogen and oxygen atoms in total. The van der Waals surface area contributed by atoms with E-state index in [1.165, 1.54) is 28.5 Å². The smallest absolute Gasteiger partial charge is 0.147 e. The van der Waals surface area contributed by atoms with Crippen molar-refractivity contribution in [3.8, 4) is 11.3 Å². The Labute approximate surface area is 130 Å². The molecule has 6 heteroatoms. The molecule has 3 rings (SSSR count). The molecule has 1 aromatic carbocycles. The Balaban J connectivity index is 1.90. The van der Waals surface area contributed by atoms with Gasteiger partial charge < -0.3 is 4.42 Å². The molecule has 0 saturated carbocycles. The molecule has 0 aliphatic rings. The van der Waals surface area contributed by atoms with Crippen molar-refractivity contribution in [3.63, 3.8) is 0 Å². The molecule has 2 aromatic heterocycles. The molecule has 21 heavy (non-hydrogen) atoms. The molecule has 0 unspecified atom stereocenters. The topological polar surface area (TPSA) is 56.2 Å². The normalized spacial score (nSPS) is 11.4. The monoisotopic (exact) mass is 344 g/mol. The molecule has 0 amide bonds. The van der Waals surface area contributed by atoms with E-state index in [-0.39, 0.29) is 0 Å². The van der Waals surface area contributed by atoms with Crippen molar-refractivity contribution in [1.29, 1.82) is 0 Å². The summed E-state index contributed by atoms with van der Waals surface area (Å²) >= 11 is 3.58. The maximum atomic E-state index is 5.81. The van der Waals surface area contributed by atoms with Gasteiger partial charge in [-0.15, -0.1) is 10.2 Å². The summed E-state index contributed by atoms with van der Waals surface area (Å²) in [5, 5.41) is 11.5. The van der Waals surface area contributed by atoms with E-state index >= 15 is 0 Å². The third kappa shape index (κ3) is 2.95. The lowest BCUT2D eigenvalue weighted by molar-refractivity contribution is 0.574. The molecule has 106 valence electrons. The van der Waals surface area contributed by atoms with E-state index in [2.05, 4.69) is 57.2 Å². The van der Waals surface area contributed by atoms with E-state index in [1.54, 1.807) is 6.21 Å². The van der Waals surface area contributed by atoms with E-state index in [4.69, 9.17) is 4.42 Å². The maximum Gasteiger partial charge on any atom is 0.147 e. The van der Waals surface area contributed by atoms with Gasteiger partial charge in [-0.1, -0.05) is 15.9 Å². The van der Waals surface area contributed by atoms with Crippen LogP contribution in [0, 0.1) is 13.8 Å². The minimum absolute atomic E-state index is 0.670. The Morgan fingerprint density at radius 3 is 2.62 bits per heavy atom. The summed E-state index contributed by atoms with van der Waals surface area (Å²) in [5.41, 5.74) is 3.50. The number of hydrogen-bond acceptors (Lipinski definition) is 4. The Bertz CT molecular complexity index is 790. The first-order valence-corrected chi connectivity index (χ1v) is 7.19. The zero-order chi connectivity index (χ0) is 14.8. The SMILES string of the molecule is Cc1cc(Br)c(-c2ccc(C=Nn3cnnc3)o2)cc1C. The number of hydrogen-bond donors (Lipinski definition) is 0. The molecule has 0 aliphatic carbocycles. The second kappa shape index (κ2) is 5.65. The van der Waals surface area contributed by atoms with Crippen LogP contribution in [0.25, 0.3) is 11.3 Å². The van der Waals surface area contributed by atoms with Crippen LogP contribution in [0.5, 0.6) is 0 Å². The van der Waals surface area contributed by atoms with E-state index in [0.29, 0.717) is 5.76 Å². The lowest BCUT2D eigenvalue weighted by Crippen LogP contribution is -1.86. The van der Waals surface area contributed by atoms with Crippen LogP contribution in [0.2, 0.25) is 0 Å². The number of nitrogens with zero attached hydrogens (tertiary/aromatic N) is 4. The molecule has 0 radical (unpaired) electrons. The number of rotatable bonds is 3. The molecule has 0 spiro atoms. The zero-order valence-electron chi connectivity index (χ0n) is 11.6. The molecular formula is C15H13BrN4O. The largest absolute Gasteiger partial charge is 0.455 e. The van der Waals surface area contributed by atoms with Gasteiger partial charge in [0.15, 0.2) is 0 Å². The van der Waals surface area contributed by atoms with Gasteiger partial charge in [0.2, 0.25) is 0 Å². The van der Waals surface area contributed by atoms with Crippen LogP contribution in [-0.4, -0.2) is 21.1 Å². The van der Waals surface area contributed by atoms with E-state index in [1.807, 2.05) is 12.1 Å². The van der Waals surface area contributed by atoms with Crippen molar-refractivity contribution in [1.82, 2.24) is 14.9 Å². The second-order valence-corrected chi connectivity index (χ2v) is 5.56. The number of aromatic nitrogens is 3. The summed E-state index contributed by atoms with van der Waals surface area (Å²) in [6, 6.07) is 8.02. The molecule has 0 N–H and O–H groups in total. The van der Waals surface area contributed by atoms with Crippen molar-refractivity contribution in [3.05, 3.63) is 58.3 Å². The molecule has 0 saturated heterocycles. The maximum absolute atomic E-state index is 5.81. The summed E-state index contributed by atoms with van der Waals surface area (Å²) in [4.78, 5) is 0. The van der Waals surface area contributed by atoms with Gasteiger partial charge in [-0.05, 0) is 49.2 Å². The van der Waals surface area contributed by atoms with Crippen molar-refractivity contribution in [2.75, 3.05) is 0 Å². The number of aryl methyl sites for hydroxylation is 2. The predicted molar refractivity (Wildman–Crippen MR) is 84.3 cm³/mol. The highest BCUT2D eigenvalue weighted by Crippen LogP contribution is 2.31. The number of benzene rings is 1. The molecule has 0 bridgehead atoms. The van der Waals surface area contributed by atoms with Crippen molar-refractivity contribution in [2.24, 2.45) is 5.10 Å². The van der Waals surface area contributed by atoms with E-state index in [0.717, 1.165) is 15.8 Å². The van der Waals surface area contributed by atoms with Crippen LogP contribution in [0.3, 0.4) is 0 Å².